The Morgan fingerprint density at radius 2 is 1.75 bits per heavy atom. The molecule has 1 N–H and O–H groups in total. The van der Waals surface area contributed by atoms with Crippen LogP contribution in [-0.4, -0.2) is 20.2 Å². The molecule has 3 rings (SSSR count). The molecule has 128 valence electrons. The van der Waals surface area contributed by atoms with Crippen molar-refractivity contribution in [3.63, 3.8) is 0 Å². The molecular formula is C20H23F2NO. The molecule has 24 heavy (non-hydrogen) atoms. The predicted octanol–water partition coefficient (Wildman–Crippen LogP) is 4.20. The minimum atomic E-state index is -0.765. The van der Waals surface area contributed by atoms with E-state index in [0.717, 1.165) is 42.8 Å². The lowest BCUT2D eigenvalue weighted by molar-refractivity contribution is 0.414. The zero-order valence-corrected chi connectivity index (χ0v) is 14.2. The minimum absolute atomic E-state index is 0.0672. The number of nitrogens with one attached hydrogen (secondary N) is 1. The van der Waals surface area contributed by atoms with Crippen molar-refractivity contribution >= 4 is 0 Å². The summed E-state index contributed by atoms with van der Waals surface area (Å²) in [5.41, 5.74) is 4.22. The Kier molecular flexibility index (Phi) is 5.14. The highest BCUT2D eigenvalue weighted by Crippen LogP contribution is 2.38. The van der Waals surface area contributed by atoms with Crippen LogP contribution >= 0.6 is 0 Å². The van der Waals surface area contributed by atoms with Crippen LogP contribution in [0.2, 0.25) is 0 Å². The maximum atomic E-state index is 13.9. The number of hydrogen-bond acceptors (Lipinski definition) is 2. The fourth-order valence-electron chi connectivity index (χ4n) is 3.58. The maximum Gasteiger partial charge on any atom is 0.159 e. The number of ether oxygens (including phenoxy) is 1. The first kappa shape index (κ1) is 16.9. The second-order valence-corrected chi connectivity index (χ2v) is 6.22. The lowest BCUT2D eigenvalue weighted by Crippen LogP contribution is -2.18. The van der Waals surface area contributed by atoms with Gasteiger partial charge in [-0.05, 0) is 78.9 Å². The van der Waals surface area contributed by atoms with Gasteiger partial charge >= 0.3 is 0 Å². The van der Waals surface area contributed by atoms with Crippen LogP contribution in [0.15, 0.2) is 30.3 Å². The first-order valence-electron chi connectivity index (χ1n) is 8.49. The smallest absolute Gasteiger partial charge is 0.159 e. The van der Waals surface area contributed by atoms with E-state index in [9.17, 15) is 8.78 Å². The van der Waals surface area contributed by atoms with Crippen molar-refractivity contribution in [1.82, 2.24) is 5.32 Å². The van der Waals surface area contributed by atoms with Gasteiger partial charge in [-0.3, -0.25) is 0 Å². The first-order valence-corrected chi connectivity index (χ1v) is 8.49. The van der Waals surface area contributed by atoms with Crippen molar-refractivity contribution in [3.05, 3.63) is 64.2 Å². The Bertz CT molecular complexity index is 730. The molecule has 4 heteroatoms. The summed E-state index contributed by atoms with van der Waals surface area (Å²) in [4.78, 5) is 0. The van der Waals surface area contributed by atoms with E-state index in [1.807, 2.05) is 12.1 Å². The highest BCUT2D eigenvalue weighted by atomic mass is 19.2. The largest absolute Gasteiger partial charge is 0.497 e. The molecule has 0 saturated carbocycles. The molecule has 1 aliphatic carbocycles. The molecule has 0 aliphatic heterocycles. The Morgan fingerprint density at radius 3 is 2.46 bits per heavy atom. The summed E-state index contributed by atoms with van der Waals surface area (Å²) in [5, 5.41) is 3.33. The molecule has 0 bridgehead atoms. The zero-order valence-electron chi connectivity index (χ0n) is 14.2. The third-order valence-corrected chi connectivity index (χ3v) is 4.81. The minimum Gasteiger partial charge on any atom is -0.497 e. The highest BCUT2D eigenvalue weighted by molar-refractivity contribution is 5.47. The van der Waals surface area contributed by atoms with E-state index >= 15 is 0 Å². The molecule has 1 unspecified atom stereocenters. The van der Waals surface area contributed by atoms with Crippen LogP contribution in [0.5, 0.6) is 5.75 Å². The summed E-state index contributed by atoms with van der Waals surface area (Å²) in [5.74, 6) is -0.637. The van der Waals surface area contributed by atoms with Gasteiger partial charge < -0.3 is 10.1 Å². The van der Waals surface area contributed by atoms with Crippen LogP contribution in [0.25, 0.3) is 0 Å². The molecule has 0 spiro atoms. The Labute approximate surface area is 141 Å². The standard InChI is InChI=1S/C20H23F2NO/c1-3-23-9-8-17-16-7-6-15(24-2)10-13(16)4-5-14-11-19(21)20(22)12-18(14)17/h6-7,10-12,17,23H,3-5,8-9H2,1-2H3. The van der Waals surface area contributed by atoms with Crippen molar-refractivity contribution < 1.29 is 13.5 Å². The van der Waals surface area contributed by atoms with Crippen LogP contribution < -0.4 is 10.1 Å². The average Bonchev–Trinajstić information content (AvgIpc) is 2.73. The molecule has 2 aromatic carbocycles. The fourth-order valence-corrected chi connectivity index (χ4v) is 3.58. The molecule has 0 heterocycles. The molecule has 2 aromatic rings. The van der Waals surface area contributed by atoms with Gasteiger partial charge in [0, 0.05) is 5.92 Å². The summed E-state index contributed by atoms with van der Waals surface area (Å²) in [7, 11) is 1.65. The van der Waals surface area contributed by atoms with E-state index in [1.54, 1.807) is 7.11 Å². The molecule has 2 nitrogen and oxygen atoms in total. The molecule has 0 fully saturated rings. The normalized spacial score (nSPS) is 16.2. The van der Waals surface area contributed by atoms with Crippen LogP contribution in [0.3, 0.4) is 0 Å². The third-order valence-electron chi connectivity index (χ3n) is 4.81. The van der Waals surface area contributed by atoms with E-state index in [0.29, 0.717) is 6.42 Å². The summed E-state index contributed by atoms with van der Waals surface area (Å²) in [6.07, 6.45) is 2.37. The van der Waals surface area contributed by atoms with Crippen LogP contribution in [-0.2, 0) is 12.8 Å². The van der Waals surface area contributed by atoms with Gasteiger partial charge in [0.2, 0.25) is 0 Å². The van der Waals surface area contributed by atoms with Gasteiger partial charge in [-0.15, -0.1) is 0 Å². The van der Waals surface area contributed by atoms with Crippen molar-refractivity contribution in [2.75, 3.05) is 20.2 Å². The topological polar surface area (TPSA) is 21.3 Å². The van der Waals surface area contributed by atoms with E-state index in [-0.39, 0.29) is 5.92 Å². The van der Waals surface area contributed by atoms with Gasteiger partial charge in [-0.25, -0.2) is 8.78 Å². The second kappa shape index (κ2) is 7.31. The lowest BCUT2D eigenvalue weighted by atomic mass is 9.85. The number of hydrogen-bond donors (Lipinski definition) is 1. The SMILES string of the molecule is CCNCCC1c2ccc(OC)cc2CCc2cc(F)c(F)cc21. The predicted molar refractivity (Wildman–Crippen MR) is 91.8 cm³/mol. The molecule has 0 amide bonds. The van der Waals surface area contributed by atoms with Crippen molar-refractivity contribution in [3.8, 4) is 5.75 Å². The third kappa shape index (κ3) is 3.29. The monoisotopic (exact) mass is 331 g/mol. The Balaban J connectivity index is 2.07. The van der Waals surface area contributed by atoms with Crippen LogP contribution in [0, 0.1) is 11.6 Å². The molecular weight excluding hydrogens is 308 g/mol. The number of aryl methyl sites for hydroxylation is 2. The Morgan fingerprint density at radius 1 is 1.04 bits per heavy atom. The number of benzene rings is 2. The van der Waals surface area contributed by atoms with Crippen molar-refractivity contribution in [1.29, 1.82) is 0 Å². The zero-order chi connectivity index (χ0) is 17.1. The molecule has 0 aromatic heterocycles. The summed E-state index contributed by atoms with van der Waals surface area (Å²) in [6.45, 7) is 3.80. The molecule has 0 saturated heterocycles. The second-order valence-electron chi connectivity index (χ2n) is 6.22. The van der Waals surface area contributed by atoms with E-state index in [1.165, 1.54) is 23.3 Å². The van der Waals surface area contributed by atoms with E-state index < -0.39 is 11.6 Å². The maximum absolute atomic E-state index is 13.9. The quantitative estimate of drug-likeness (QED) is 0.829. The van der Waals surface area contributed by atoms with Gasteiger partial charge in [-0.1, -0.05) is 13.0 Å². The number of rotatable bonds is 5. The van der Waals surface area contributed by atoms with Gasteiger partial charge in [0.15, 0.2) is 11.6 Å². The molecule has 1 aliphatic rings. The number of halogens is 2. The molecule has 0 radical (unpaired) electrons. The number of methoxy groups -OCH3 is 1. The lowest BCUT2D eigenvalue weighted by Gasteiger charge is -2.21. The van der Waals surface area contributed by atoms with Crippen LogP contribution in [0.4, 0.5) is 8.78 Å². The van der Waals surface area contributed by atoms with Gasteiger partial charge in [0.25, 0.3) is 0 Å². The molecule has 1 atom stereocenters. The van der Waals surface area contributed by atoms with Crippen LogP contribution in [0.1, 0.15) is 41.5 Å². The van der Waals surface area contributed by atoms with Gasteiger partial charge in [0.05, 0.1) is 7.11 Å². The van der Waals surface area contributed by atoms with Gasteiger partial charge in [-0.2, -0.15) is 0 Å². The fraction of sp³-hybridized carbons (Fsp3) is 0.400. The van der Waals surface area contributed by atoms with Crippen molar-refractivity contribution in [2.45, 2.75) is 32.1 Å². The number of fused-ring (bicyclic) bond motifs is 2. The summed E-state index contributed by atoms with van der Waals surface area (Å²) in [6, 6.07) is 8.83. The highest BCUT2D eigenvalue weighted by Gasteiger charge is 2.25. The summed E-state index contributed by atoms with van der Waals surface area (Å²) >= 11 is 0. The van der Waals surface area contributed by atoms with Crippen molar-refractivity contribution in [2.24, 2.45) is 0 Å². The first-order chi connectivity index (χ1) is 11.6. The van der Waals surface area contributed by atoms with E-state index in [4.69, 9.17) is 4.74 Å². The van der Waals surface area contributed by atoms with Gasteiger partial charge in [0.1, 0.15) is 5.75 Å². The van der Waals surface area contributed by atoms with E-state index in [2.05, 4.69) is 18.3 Å². The average molecular weight is 331 g/mol. The Hall–Kier alpha value is -1.94. The summed E-state index contributed by atoms with van der Waals surface area (Å²) < 4.78 is 32.9.